The largest absolute Gasteiger partial charge is 0.355 e. The van der Waals surface area contributed by atoms with E-state index in [2.05, 4.69) is 32.5 Å². The molecule has 0 aliphatic carbocycles. The molecule has 0 spiro atoms. The molecule has 0 aromatic heterocycles. The highest BCUT2D eigenvalue weighted by atomic mass is 16.2. The van der Waals surface area contributed by atoms with Gasteiger partial charge in [0, 0.05) is 44.7 Å². The molecule has 0 radical (unpaired) electrons. The lowest BCUT2D eigenvalue weighted by atomic mass is 9.84. The minimum atomic E-state index is 0.241. The van der Waals surface area contributed by atoms with E-state index in [9.17, 15) is 4.79 Å². The van der Waals surface area contributed by atoms with E-state index in [1.54, 1.807) is 0 Å². The summed E-state index contributed by atoms with van der Waals surface area (Å²) in [7, 11) is 4.08. The normalized spacial score (nSPS) is 27.0. The first-order chi connectivity index (χ1) is 13.6. The predicted octanol–water partition coefficient (Wildman–Crippen LogP) is 1.11. The van der Waals surface area contributed by atoms with Crippen molar-refractivity contribution in [1.29, 1.82) is 0 Å². The van der Waals surface area contributed by atoms with Crippen LogP contribution in [0.15, 0.2) is 4.99 Å². The number of nitrogens with zero attached hydrogens (tertiary/aromatic N) is 4. The number of carbonyl (C=O) groups excluding carboxylic acids is 1. The fourth-order valence-electron chi connectivity index (χ4n) is 4.97. The van der Waals surface area contributed by atoms with E-state index in [-0.39, 0.29) is 11.4 Å². The summed E-state index contributed by atoms with van der Waals surface area (Å²) >= 11 is 0. The third kappa shape index (κ3) is 5.17. The molecule has 0 saturated carbocycles. The molecule has 7 heteroatoms. The molecule has 1 amide bonds. The second kappa shape index (κ2) is 9.92. The van der Waals surface area contributed by atoms with Crippen LogP contribution in [0.3, 0.4) is 0 Å². The number of likely N-dealkylation sites (tertiary alicyclic amines) is 3. The number of amides is 1. The molecule has 0 aromatic carbocycles. The van der Waals surface area contributed by atoms with Crippen LogP contribution < -0.4 is 10.6 Å². The van der Waals surface area contributed by atoms with Gasteiger partial charge in [0.1, 0.15) is 0 Å². The van der Waals surface area contributed by atoms with Gasteiger partial charge in [0.2, 0.25) is 5.91 Å². The highest BCUT2D eigenvalue weighted by molar-refractivity contribution is 5.80. The van der Waals surface area contributed by atoms with Crippen molar-refractivity contribution in [2.75, 3.05) is 59.9 Å². The summed E-state index contributed by atoms with van der Waals surface area (Å²) in [5.74, 6) is 1.13. The van der Waals surface area contributed by atoms with Gasteiger partial charge in [-0.2, -0.15) is 0 Å². The molecule has 2 N–H and O–H groups in total. The number of aliphatic imine (C=N–C) groups is 1. The van der Waals surface area contributed by atoms with E-state index in [1.807, 2.05) is 18.9 Å². The van der Waals surface area contributed by atoms with E-state index < -0.39 is 0 Å². The highest BCUT2D eigenvalue weighted by Gasteiger charge is 2.39. The van der Waals surface area contributed by atoms with Gasteiger partial charge in [-0.1, -0.05) is 13.3 Å². The fourth-order valence-corrected chi connectivity index (χ4v) is 4.97. The van der Waals surface area contributed by atoms with Gasteiger partial charge in [0.15, 0.2) is 5.96 Å². The van der Waals surface area contributed by atoms with Gasteiger partial charge in [0.05, 0.1) is 0 Å². The summed E-state index contributed by atoms with van der Waals surface area (Å²) < 4.78 is 0. The minimum Gasteiger partial charge on any atom is -0.355 e. The van der Waals surface area contributed by atoms with E-state index in [4.69, 9.17) is 0 Å². The van der Waals surface area contributed by atoms with Crippen molar-refractivity contribution < 1.29 is 4.79 Å². The second-order valence-corrected chi connectivity index (χ2v) is 8.82. The topological polar surface area (TPSA) is 63.2 Å². The van der Waals surface area contributed by atoms with Crippen LogP contribution in [0.25, 0.3) is 0 Å². The number of piperidine rings is 2. The van der Waals surface area contributed by atoms with Crippen molar-refractivity contribution in [2.24, 2.45) is 4.99 Å². The zero-order valence-electron chi connectivity index (χ0n) is 18.2. The molecule has 28 heavy (non-hydrogen) atoms. The molecule has 3 fully saturated rings. The fraction of sp³-hybridized carbons (Fsp3) is 0.905. The Hall–Kier alpha value is -1.34. The van der Waals surface area contributed by atoms with Gasteiger partial charge < -0.3 is 20.4 Å². The third-order valence-corrected chi connectivity index (χ3v) is 6.94. The first kappa shape index (κ1) is 21.4. The van der Waals surface area contributed by atoms with E-state index >= 15 is 0 Å². The molecule has 3 saturated heterocycles. The molecular weight excluding hydrogens is 352 g/mol. The van der Waals surface area contributed by atoms with Crippen LogP contribution in [0.1, 0.15) is 51.9 Å². The van der Waals surface area contributed by atoms with Gasteiger partial charge >= 0.3 is 0 Å². The van der Waals surface area contributed by atoms with Crippen LogP contribution >= 0.6 is 0 Å². The molecule has 3 heterocycles. The summed E-state index contributed by atoms with van der Waals surface area (Å²) in [4.78, 5) is 23.6. The summed E-state index contributed by atoms with van der Waals surface area (Å²) in [5.41, 5.74) is 0.241. The Morgan fingerprint density at radius 1 is 1.11 bits per heavy atom. The number of nitrogens with one attached hydrogen (secondary N) is 2. The summed E-state index contributed by atoms with van der Waals surface area (Å²) in [6.07, 6.45) is 8.05. The molecule has 0 bridgehead atoms. The van der Waals surface area contributed by atoms with Crippen molar-refractivity contribution in [3.63, 3.8) is 0 Å². The number of hydrogen-bond acceptors (Lipinski definition) is 4. The first-order valence-corrected chi connectivity index (χ1v) is 11.2. The number of guanidine groups is 1. The molecule has 3 aliphatic heterocycles. The third-order valence-electron chi connectivity index (χ3n) is 6.94. The maximum Gasteiger partial charge on any atom is 0.222 e. The maximum atomic E-state index is 11.9. The Balaban J connectivity index is 1.56. The maximum absolute atomic E-state index is 11.9. The standard InChI is InChI=1S/C21H40N6O/c1-4-19(28)26-13-8-18(16-26)24-20(22-2)23-17-21(9-14-25(3)15-10-21)27-11-6-5-7-12-27/h18H,4-17H2,1-3H3,(H2,22,23,24). The molecule has 160 valence electrons. The van der Waals surface area contributed by atoms with Crippen molar-refractivity contribution in [1.82, 2.24) is 25.3 Å². The number of hydrogen-bond donors (Lipinski definition) is 2. The molecule has 1 unspecified atom stereocenters. The highest BCUT2D eigenvalue weighted by Crippen LogP contribution is 2.30. The average Bonchev–Trinajstić information content (AvgIpc) is 3.21. The number of rotatable bonds is 5. The van der Waals surface area contributed by atoms with Gasteiger partial charge in [0.25, 0.3) is 0 Å². The van der Waals surface area contributed by atoms with Crippen LogP contribution in [-0.4, -0.2) is 98.1 Å². The SMILES string of the molecule is CCC(=O)N1CCC(NC(=NC)NCC2(N3CCCCC3)CCN(C)CC2)C1. The quantitative estimate of drug-likeness (QED) is 0.542. The van der Waals surface area contributed by atoms with Crippen LogP contribution in [-0.2, 0) is 4.79 Å². The minimum absolute atomic E-state index is 0.241. The average molecular weight is 393 g/mol. The van der Waals surface area contributed by atoms with E-state index in [0.717, 1.165) is 32.0 Å². The Labute approximate surface area is 170 Å². The van der Waals surface area contributed by atoms with E-state index in [1.165, 1.54) is 58.3 Å². The summed E-state index contributed by atoms with van der Waals surface area (Å²) in [6, 6.07) is 0.296. The Morgan fingerprint density at radius 2 is 1.82 bits per heavy atom. The summed E-state index contributed by atoms with van der Waals surface area (Å²) in [6.45, 7) is 9.32. The van der Waals surface area contributed by atoms with Crippen LogP contribution in [0.2, 0.25) is 0 Å². The lowest BCUT2D eigenvalue weighted by molar-refractivity contribution is -0.129. The molecule has 0 aromatic rings. The zero-order chi connectivity index (χ0) is 20.0. The Kier molecular flexibility index (Phi) is 7.57. The van der Waals surface area contributed by atoms with Gasteiger partial charge in [-0.05, 0) is 65.3 Å². The Bertz CT molecular complexity index is 537. The lowest BCUT2D eigenvalue weighted by Gasteiger charge is -2.50. The van der Waals surface area contributed by atoms with E-state index in [0.29, 0.717) is 12.5 Å². The number of carbonyl (C=O) groups is 1. The molecule has 3 aliphatic rings. The summed E-state index contributed by atoms with van der Waals surface area (Å²) in [5, 5.41) is 7.21. The predicted molar refractivity (Wildman–Crippen MR) is 115 cm³/mol. The van der Waals surface area contributed by atoms with Crippen LogP contribution in [0, 0.1) is 0 Å². The van der Waals surface area contributed by atoms with Crippen molar-refractivity contribution >= 4 is 11.9 Å². The Morgan fingerprint density at radius 3 is 2.46 bits per heavy atom. The first-order valence-electron chi connectivity index (χ1n) is 11.2. The van der Waals surface area contributed by atoms with Gasteiger partial charge in [-0.3, -0.25) is 14.7 Å². The van der Waals surface area contributed by atoms with Crippen molar-refractivity contribution in [2.45, 2.75) is 63.5 Å². The zero-order valence-corrected chi connectivity index (χ0v) is 18.2. The lowest BCUT2D eigenvalue weighted by Crippen LogP contribution is -2.62. The van der Waals surface area contributed by atoms with Gasteiger partial charge in [-0.15, -0.1) is 0 Å². The van der Waals surface area contributed by atoms with Crippen molar-refractivity contribution in [3.8, 4) is 0 Å². The smallest absolute Gasteiger partial charge is 0.222 e. The molecular formula is C21H40N6O. The van der Waals surface area contributed by atoms with Crippen LogP contribution in [0.5, 0.6) is 0 Å². The van der Waals surface area contributed by atoms with Crippen molar-refractivity contribution in [3.05, 3.63) is 0 Å². The van der Waals surface area contributed by atoms with Crippen LogP contribution in [0.4, 0.5) is 0 Å². The monoisotopic (exact) mass is 392 g/mol. The second-order valence-electron chi connectivity index (χ2n) is 8.82. The molecule has 3 rings (SSSR count). The molecule has 1 atom stereocenters. The van der Waals surface area contributed by atoms with Gasteiger partial charge in [-0.25, -0.2) is 0 Å². The molecule has 7 nitrogen and oxygen atoms in total.